The molecule has 0 saturated carbocycles. The van der Waals surface area contributed by atoms with Crippen molar-refractivity contribution >= 4 is 45.2 Å². The second kappa shape index (κ2) is 42.7. The minimum atomic E-state index is -0.156. The molecule has 0 aliphatic rings. The van der Waals surface area contributed by atoms with Gasteiger partial charge in [-0.25, -0.2) is 0 Å². The van der Waals surface area contributed by atoms with Crippen molar-refractivity contribution in [2.75, 3.05) is 13.2 Å². The normalized spacial score (nSPS) is 18.2. The second-order valence-electron chi connectivity index (χ2n) is 21.8. The van der Waals surface area contributed by atoms with Crippen LogP contribution in [-0.4, -0.2) is 33.6 Å². The van der Waals surface area contributed by atoms with Gasteiger partial charge in [0.15, 0.2) is 12.6 Å². The van der Waals surface area contributed by atoms with E-state index in [-0.39, 0.29) is 12.6 Å². The summed E-state index contributed by atoms with van der Waals surface area (Å²) in [6.07, 6.45) is 38.6. The summed E-state index contributed by atoms with van der Waals surface area (Å²) in [6, 6.07) is 0. The van der Waals surface area contributed by atoms with Gasteiger partial charge in [0.2, 0.25) is 0 Å². The number of rotatable bonds is 46. The second-order valence-corrected chi connectivity index (χ2v) is 26.1. The predicted octanol–water partition coefficient (Wildman–Crippen LogP) is 20.2. The first-order chi connectivity index (χ1) is 29.1. The summed E-state index contributed by atoms with van der Waals surface area (Å²) < 4.78 is 21.8. The summed E-state index contributed by atoms with van der Waals surface area (Å²) in [5, 5.41) is 0. The summed E-state index contributed by atoms with van der Waals surface area (Å²) in [6.45, 7) is 30.8. The molecule has 0 heterocycles. The van der Waals surface area contributed by atoms with Gasteiger partial charge in [-0.2, -0.15) is 0 Å². The zero-order valence-corrected chi connectivity index (χ0v) is 47.9. The third-order valence-corrected chi connectivity index (χ3v) is 14.5. The molecule has 0 bridgehead atoms. The summed E-state index contributed by atoms with van der Waals surface area (Å²) in [5.41, 5.74) is 0. The molecule has 61 heavy (non-hydrogen) atoms. The number of hydrogen-bond donors (Lipinski definition) is 0. The van der Waals surface area contributed by atoms with E-state index in [9.17, 15) is 0 Å². The van der Waals surface area contributed by atoms with E-state index in [1.807, 2.05) is 0 Å². The fourth-order valence-electron chi connectivity index (χ4n) is 10.8. The van der Waals surface area contributed by atoms with Crippen LogP contribution < -0.4 is 0 Å². The zero-order valence-electron chi connectivity index (χ0n) is 43.5. The molecular weight excluding hydrogens is 974 g/mol. The van der Waals surface area contributed by atoms with E-state index in [0.717, 1.165) is 94.1 Å². The molecule has 0 fully saturated rings. The molecule has 0 aliphatic heterocycles. The Labute approximate surface area is 413 Å². The van der Waals surface area contributed by atoms with Crippen LogP contribution in [0.15, 0.2) is 0 Å². The highest BCUT2D eigenvalue weighted by atomic mass is 127. The number of ether oxygens (including phenoxy) is 3. The van der Waals surface area contributed by atoms with E-state index in [0.29, 0.717) is 0 Å². The molecule has 12 unspecified atom stereocenters. The molecular formula is C56H112I2O3. The van der Waals surface area contributed by atoms with Crippen molar-refractivity contribution in [2.24, 2.45) is 47.3 Å². The van der Waals surface area contributed by atoms with Gasteiger partial charge in [0.1, 0.15) is 0 Å². The van der Waals surface area contributed by atoms with E-state index in [4.69, 9.17) is 14.2 Å². The Morgan fingerprint density at radius 1 is 0.295 bits per heavy atom. The van der Waals surface area contributed by atoms with Crippen LogP contribution in [-0.2, 0) is 14.2 Å². The van der Waals surface area contributed by atoms with Crippen LogP contribution >= 0.6 is 45.2 Å². The molecule has 0 aliphatic carbocycles. The first kappa shape index (κ1) is 62.3. The minimum absolute atomic E-state index is 0.156. The molecule has 0 N–H and O–H groups in total. The van der Waals surface area contributed by atoms with Crippen molar-refractivity contribution in [1.82, 2.24) is 0 Å². The van der Waals surface area contributed by atoms with Crippen molar-refractivity contribution in [3.05, 3.63) is 0 Å². The van der Waals surface area contributed by atoms with E-state index in [1.54, 1.807) is 0 Å². The first-order valence-electron chi connectivity index (χ1n) is 27.3. The lowest BCUT2D eigenvalue weighted by atomic mass is 9.83. The standard InChI is InChI=1S/C56H112I2O3/c1-13-15-17-19-21-23-25-27-35-59-55(33-29-31-45(3)37-47(5)39-49(7)41-51(9)43-53(11)57)61-56(60-36-28-26-24-22-20-18-16-14-2)34-30-32-46(4)38-48(6)40-50(8)42-52(10)44-54(12)58/h45-56H,13-44H2,1-12H3. The van der Waals surface area contributed by atoms with Gasteiger partial charge in [0.05, 0.1) is 0 Å². The summed E-state index contributed by atoms with van der Waals surface area (Å²) >= 11 is 5.19. The smallest absolute Gasteiger partial charge is 0.160 e. The average Bonchev–Trinajstić information content (AvgIpc) is 3.15. The first-order valence-corrected chi connectivity index (χ1v) is 29.8. The lowest BCUT2D eigenvalue weighted by Crippen LogP contribution is -2.28. The lowest BCUT2D eigenvalue weighted by molar-refractivity contribution is -0.250. The third kappa shape index (κ3) is 42.4. The van der Waals surface area contributed by atoms with E-state index < -0.39 is 0 Å². The molecule has 368 valence electrons. The topological polar surface area (TPSA) is 27.7 Å². The van der Waals surface area contributed by atoms with Gasteiger partial charge in [-0.05, 0) is 137 Å². The van der Waals surface area contributed by atoms with E-state index >= 15 is 0 Å². The highest BCUT2D eigenvalue weighted by molar-refractivity contribution is 14.1. The van der Waals surface area contributed by atoms with E-state index in [2.05, 4.69) is 128 Å². The molecule has 0 radical (unpaired) electrons. The zero-order chi connectivity index (χ0) is 45.7. The quantitative estimate of drug-likeness (QED) is 0.0263. The number of hydrogen-bond acceptors (Lipinski definition) is 3. The van der Waals surface area contributed by atoms with Gasteiger partial charge >= 0.3 is 0 Å². The highest BCUT2D eigenvalue weighted by Crippen LogP contribution is 2.31. The fourth-order valence-corrected chi connectivity index (χ4v) is 12.5. The Balaban J connectivity index is 5.37. The fraction of sp³-hybridized carbons (Fsp3) is 1.00. The molecule has 0 rings (SSSR count). The number of unbranched alkanes of at least 4 members (excludes halogenated alkanes) is 14. The highest BCUT2D eigenvalue weighted by Gasteiger charge is 2.22. The molecule has 0 amide bonds. The number of halogens is 2. The van der Waals surface area contributed by atoms with Gasteiger partial charge in [0, 0.05) is 21.1 Å². The van der Waals surface area contributed by atoms with Crippen LogP contribution in [0, 0.1) is 47.3 Å². The van der Waals surface area contributed by atoms with Crippen molar-refractivity contribution in [3.63, 3.8) is 0 Å². The van der Waals surface area contributed by atoms with Gasteiger partial charge in [-0.3, -0.25) is 0 Å². The van der Waals surface area contributed by atoms with Crippen molar-refractivity contribution < 1.29 is 14.2 Å². The van der Waals surface area contributed by atoms with Crippen LogP contribution in [0.3, 0.4) is 0 Å². The van der Waals surface area contributed by atoms with Gasteiger partial charge < -0.3 is 14.2 Å². The Hall–Kier alpha value is 1.34. The Bertz CT molecular complexity index is 829. The van der Waals surface area contributed by atoms with Crippen LogP contribution in [0.4, 0.5) is 0 Å². The van der Waals surface area contributed by atoms with Gasteiger partial charge in [0.25, 0.3) is 0 Å². The maximum absolute atomic E-state index is 6.91. The molecule has 0 saturated heterocycles. The molecule has 5 heteroatoms. The molecule has 0 aromatic heterocycles. The van der Waals surface area contributed by atoms with Crippen molar-refractivity contribution in [3.8, 4) is 0 Å². The molecule has 3 nitrogen and oxygen atoms in total. The third-order valence-electron chi connectivity index (χ3n) is 13.5. The SMILES string of the molecule is CCCCCCCCCCOC(CCCC(C)CC(C)CC(C)CC(C)CC(C)I)OC(CCCC(C)CC(C)CC(C)CC(C)CC(C)I)OCCCCCCCCCC. The minimum Gasteiger partial charge on any atom is -0.353 e. The summed E-state index contributed by atoms with van der Waals surface area (Å²) in [4.78, 5) is 0. The largest absolute Gasteiger partial charge is 0.353 e. The molecule has 0 spiro atoms. The Kier molecular flexibility index (Phi) is 43.6. The van der Waals surface area contributed by atoms with Crippen molar-refractivity contribution in [2.45, 2.75) is 296 Å². The van der Waals surface area contributed by atoms with Crippen LogP contribution in [0.5, 0.6) is 0 Å². The molecule has 12 atom stereocenters. The molecule has 0 aromatic carbocycles. The summed E-state index contributed by atoms with van der Waals surface area (Å²) in [5.74, 6) is 6.38. The van der Waals surface area contributed by atoms with Crippen LogP contribution in [0.2, 0.25) is 0 Å². The van der Waals surface area contributed by atoms with E-state index in [1.165, 1.54) is 167 Å². The number of alkyl halides is 2. The molecule has 0 aromatic rings. The average molecular weight is 1090 g/mol. The lowest BCUT2D eigenvalue weighted by Gasteiger charge is -2.27. The predicted molar refractivity (Wildman–Crippen MR) is 291 cm³/mol. The maximum Gasteiger partial charge on any atom is 0.160 e. The van der Waals surface area contributed by atoms with Crippen LogP contribution in [0.1, 0.15) is 276 Å². The Morgan fingerprint density at radius 2 is 0.557 bits per heavy atom. The maximum atomic E-state index is 6.91. The monoisotopic (exact) mass is 1090 g/mol. The Morgan fingerprint density at radius 3 is 0.852 bits per heavy atom. The summed E-state index contributed by atoms with van der Waals surface area (Å²) in [7, 11) is 0. The van der Waals surface area contributed by atoms with Gasteiger partial charge in [-0.1, -0.05) is 231 Å². The van der Waals surface area contributed by atoms with Gasteiger partial charge in [-0.15, -0.1) is 0 Å². The van der Waals surface area contributed by atoms with Crippen LogP contribution in [0.25, 0.3) is 0 Å². The van der Waals surface area contributed by atoms with Crippen molar-refractivity contribution in [1.29, 1.82) is 0 Å².